The van der Waals surface area contributed by atoms with Gasteiger partial charge in [0.05, 0.1) is 6.04 Å². The van der Waals surface area contributed by atoms with Gasteiger partial charge in [-0.05, 0) is 43.5 Å². The van der Waals surface area contributed by atoms with Gasteiger partial charge >= 0.3 is 0 Å². The molecule has 0 spiro atoms. The molecular formula is C21H24N2O2. The van der Waals surface area contributed by atoms with Crippen LogP contribution in [0.3, 0.4) is 0 Å². The van der Waals surface area contributed by atoms with Gasteiger partial charge in [-0.3, -0.25) is 9.59 Å². The number of carbonyl (C=O) groups excluding carboxylic acids is 2. The fraction of sp³-hybridized carbons (Fsp3) is 0.333. The Labute approximate surface area is 148 Å². The van der Waals surface area contributed by atoms with Crippen molar-refractivity contribution in [1.82, 2.24) is 5.32 Å². The molecule has 2 aromatic carbocycles. The average Bonchev–Trinajstić information content (AvgIpc) is 3.06. The summed E-state index contributed by atoms with van der Waals surface area (Å²) < 4.78 is 0. The van der Waals surface area contributed by atoms with Crippen LogP contribution in [0.15, 0.2) is 48.5 Å². The molecule has 2 aromatic rings. The molecule has 0 radical (unpaired) electrons. The zero-order valence-corrected chi connectivity index (χ0v) is 14.8. The van der Waals surface area contributed by atoms with E-state index in [1.54, 1.807) is 17.0 Å². The minimum Gasteiger partial charge on any atom is -0.345 e. The second-order valence-corrected chi connectivity index (χ2v) is 6.54. The molecule has 1 fully saturated rings. The van der Waals surface area contributed by atoms with Gasteiger partial charge in [0.1, 0.15) is 0 Å². The Morgan fingerprint density at radius 1 is 1.20 bits per heavy atom. The van der Waals surface area contributed by atoms with Crippen molar-refractivity contribution in [2.24, 2.45) is 0 Å². The van der Waals surface area contributed by atoms with Gasteiger partial charge in [0, 0.05) is 24.2 Å². The summed E-state index contributed by atoms with van der Waals surface area (Å²) in [6.45, 7) is 4.84. The number of hydrogen-bond acceptors (Lipinski definition) is 2. The second-order valence-electron chi connectivity index (χ2n) is 6.54. The van der Waals surface area contributed by atoms with Crippen LogP contribution in [0.2, 0.25) is 0 Å². The fourth-order valence-corrected chi connectivity index (χ4v) is 3.20. The fourth-order valence-electron chi connectivity index (χ4n) is 3.20. The first-order chi connectivity index (χ1) is 12.1. The maximum Gasteiger partial charge on any atom is 0.251 e. The Balaban J connectivity index is 1.76. The summed E-state index contributed by atoms with van der Waals surface area (Å²) in [5, 5.41) is 3.11. The minimum absolute atomic E-state index is 0.0230. The highest BCUT2D eigenvalue weighted by atomic mass is 16.2. The van der Waals surface area contributed by atoms with Gasteiger partial charge in [0.2, 0.25) is 5.91 Å². The highest BCUT2D eigenvalue weighted by molar-refractivity contribution is 5.99. The van der Waals surface area contributed by atoms with Crippen LogP contribution in [0.1, 0.15) is 53.7 Å². The van der Waals surface area contributed by atoms with Crippen LogP contribution in [0, 0.1) is 6.92 Å². The third kappa shape index (κ3) is 3.90. The largest absolute Gasteiger partial charge is 0.345 e. The van der Waals surface area contributed by atoms with Crippen LogP contribution in [0.5, 0.6) is 0 Å². The predicted octanol–water partition coefficient (Wildman–Crippen LogP) is 4.00. The van der Waals surface area contributed by atoms with Crippen LogP contribution in [0.25, 0.3) is 0 Å². The van der Waals surface area contributed by atoms with E-state index in [1.165, 1.54) is 5.56 Å². The molecule has 0 unspecified atom stereocenters. The molecule has 130 valence electrons. The van der Waals surface area contributed by atoms with Crippen molar-refractivity contribution in [3.8, 4) is 0 Å². The van der Waals surface area contributed by atoms with Crippen LogP contribution in [-0.4, -0.2) is 18.4 Å². The molecule has 25 heavy (non-hydrogen) atoms. The van der Waals surface area contributed by atoms with Crippen molar-refractivity contribution < 1.29 is 9.59 Å². The average molecular weight is 336 g/mol. The first kappa shape index (κ1) is 17.2. The van der Waals surface area contributed by atoms with Gasteiger partial charge in [-0.2, -0.15) is 0 Å². The predicted molar refractivity (Wildman–Crippen MR) is 99.7 cm³/mol. The topological polar surface area (TPSA) is 49.4 Å². The molecule has 1 saturated heterocycles. The van der Waals surface area contributed by atoms with Crippen LogP contribution in [-0.2, 0) is 4.79 Å². The number of benzene rings is 2. The zero-order valence-electron chi connectivity index (χ0n) is 14.8. The van der Waals surface area contributed by atoms with Crippen molar-refractivity contribution >= 4 is 17.5 Å². The standard InChI is InChI=1S/C21H24N2O2/c1-3-19(16-11-9-15(2)10-12-16)22-21(25)17-6-4-7-18(14-17)23-13-5-8-20(23)24/h4,6-7,9-12,14,19H,3,5,8,13H2,1-2H3,(H,22,25)/t19-/m1/s1. The highest BCUT2D eigenvalue weighted by Gasteiger charge is 2.22. The summed E-state index contributed by atoms with van der Waals surface area (Å²) in [6.07, 6.45) is 2.28. The molecule has 0 saturated carbocycles. The van der Waals surface area contributed by atoms with Gasteiger partial charge in [-0.1, -0.05) is 42.8 Å². The molecule has 1 aliphatic rings. The molecule has 0 aromatic heterocycles. The monoisotopic (exact) mass is 336 g/mol. The van der Waals surface area contributed by atoms with E-state index in [4.69, 9.17) is 0 Å². The summed E-state index contributed by atoms with van der Waals surface area (Å²) in [5.41, 5.74) is 3.70. The van der Waals surface area contributed by atoms with E-state index in [9.17, 15) is 9.59 Å². The van der Waals surface area contributed by atoms with Crippen LogP contribution < -0.4 is 10.2 Å². The quantitative estimate of drug-likeness (QED) is 0.897. The number of anilines is 1. The highest BCUT2D eigenvalue weighted by Crippen LogP contribution is 2.23. The Morgan fingerprint density at radius 3 is 2.60 bits per heavy atom. The molecule has 1 heterocycles. The van der Waals surface area contributed by atoms with Gasteiger partial charge in [-0.15, -0.1) is 0 Å². The summed E-state index contributed by atoms with van der Waals surface area (Å²) in [7, 11) is 0. The molecule has 2 amide bonds. The first-order valence-corrected chi connectivity index (χ1v) is 8.86. The Kier molecular flexibility index (Phi) is 5.17. The molecule has 0 bridgehead atoms. The summed E-state index contributed by atoms with van der Waals surface area (Å²) in [5.74, 6) is 0.0181. The van der Waals surface area contributed by atoms with Crippen molar-refractivity contribution in [2.75, 3.05) is 11.4 Å². The zero-order chi connectivity index (χ0) is 17.8. The minimum atomic E-state index is -0.110. The molecule has 1 N–H and O–H groups in total. The molecule has 4 heteroatoms. The number of carbonyl (C=O) groups is 2. The number of nitrogens with one attached hydrogen (secondary N) is 1. The Morgan fingerprint density at radius 2 is 1.96 bits per heavy atom. The molecule has 4 nitrogen and oxygen atoms in total. The van der Waals surface area contributed by atoms with Crippen molar-refractivity contribution in [2.45, 2.75) is 39.2 Å². The lowest BCUT2D eigenvalue weighted by molar-refractivity contribution is -0.117. The number of amides is 2. The molecule has 3 rings (SSSR count). The van der Waals surface area contributed by atoms with E-state index in [2.05, 4.69) is 43.4 Å². The van der Waals surface area contributed by atoms with Gasteiger partial charge < -0.3 is 10.2 Å². The molecular weight excluding hydrogens is 312 g/mol. The van der Waals surface area contributed by atoms with E-state index in [1.807, 2.05) is 12.1 Å². The summed E-state index contributed by atoms with van der Waals surface area (Å²) in [4.78, 5) is 26.4. The summed E-state index contributed by atoms with van der Waals surface area (Å²) >= 11 is 0. The maximum atomic E-state index is 12.7. The van der Waals surface area contributed by atoms with E-state index in [-0.39, 0.29) is 17.9 Å². The van der Waals surface area contributed by atoms with Gasteiger partial charge in [-0.25, -0.2) is 0 Å². The van der Waals surface area contributed by atoms with Gasteiger partial charge in [0.15, 0.2) is 0 Å². The molecule has 1 atom stereocenters. The Bertz CT molecular complexity index is 768. The normalized spacial score (nSPS) is 15.3. The van der Waals surface area contributed by atoms with E-state index >= 15 is 0 Å². The number of nitrogens with zero attached hydrogens (tertiary/aromatic N) is 1. The van der Waals surface area contributed by atoms with E-state index in [0.29, 0.717) is 12.0 Å². The van der Waals surface area contributed by atoms with Crippen molar-refractivity contribution in [3.63, 3.8) is 0 Å². The number of aryl methyl sites for hydroxylation is 1. The lowest BCUT2D eigenvalue weighted by Crippen LogP contribution is -2.29. The second kappa shape index (κ2) is 7.51. The van der Waals surface area contributed by atoms with E-state index in [0.717, 1.165) is 30.6 Å². The van der Waals surface area contributed by atoms with Crippen LogP contribution >= 0.6 is 0 Å². The Hall–Kier alpha value is -2.62. The first-order valence-electron chi connectivity index (χ1n) is 8.86. The number of hydrogen-bond donors (Lipinski definition) is 1. The number of rotatable bonds is 5. The third-order valence-corrected chi connectivity index (χ3v) is 4.69. The lowest BCUT2D eigenvalue weighted by Gasteiger charge is -2.19. The van der Waals surface area contributed by atoms with Crippen molar-refractivity contribution in [1.29, 1.82) is 0 Å². The van der Waals surface area contributed by atoms with E-state index < -0.39 is 0 Å². The third-order valence-electron chi connectivity index (χ3n) is 4.69. The maximum absolute atomic E-state index is 12.7. The lowest BCUT2D eigenvalue weighted by atomic mass is 10.0. The summed E-state index contributed by atoms with van der Waals surface area (Å²) in [6, 6.07) is 15.5. The van der Waals surface area contributed by atoms with Gasteiger partial charge in [0.25, 0.3) is 5.91 Å². The van der Waals surface area contributed by atoms with Crippen LogP contribution in [0.4, 0.5) is 5.69 Å². The molecule has 0 aliphatic carbocycles. The SMILES string of the molecule is CC[C@@H](NC(=O)c1cccc(N2CCCC2=O)c1)c1ccc(C)cc1. The smallest absolute Gasteiger partial charge is 0.251 e. The van der Waals surface area contributed by atoms with Crippen molar-refractivity contribution in [3.05, 3.63) is 65.2 Å². The molecule has 1 aliphatic heterocycles.